The van der Waals surface area contributed by atoms with Gasteiger partial charge in [0, 0.05) is 48.0 Å². The molecule has 4 heterocycles. The number of nitrogens with zero attached hydrogens (tertiary/aromatic N) is 8. The lowest BCUT2D eigenvalue weighted by molar-refractivity contribution is 1.06. The second-order valence-corrected chi connectivity index (χ2v) is 13.7. The zero-order valence-corrected chi connectivity index (χ0v) is 31.1. The third kappa shape index (κ3) is 6.13. The molecule has 4 aromatic heterocycles. The van der Waals surface area contributed by atoms with E-state index in [1.807, 2.05) is 62.1 Å². The minimum atomic E-state index is 0.751. The van der Waals surface area contributed by atoms with Crippen LogP contribution in [0.2, 0.25) is 0 Å². The van der Waals surface area contributed by atoms with Gasteiger partial charge in [0.2, 0.25) is 0 Å². The number of fused-ring (bicyclic) bond motifs is 2. The highest BCUT2D eigenvalue weighted by atomic mass is 15.2. The van der Waals surface area contributed by atoms with Crippen LogP contribution in [0.25, 0.3) is 56.3 Å². The molecule has 0 radical (unpaired) electrons. The van der Waals surface area contributed by atoms with Crippen molar-refractivity contribution in [3.05, 3.63) is 174 Å². The summed E-state index contributed by atoms with van der Waals surface area (Å²) in [4.78, 5) is 27.4. The number of hydrogen-bond acceptors (Lipinski definition) is 6. The van der Waals surface area contributed by atoms with E-state index >= 15 is 0 Å². The van der Waals surface area contributed by atoms with Crippen molar-refractivity contribution < 1.29 is 0 Å². The van der Waals surface area contributed by atoms with Gasteiger partial charge in [0.05, 0.1) is 28.1 Å². The van der Waals surface area contributed by atoms with Gasteiger partial charge in [-0.05, 0) is 110 Å². The Labute approximate surface area is 319 Å². The summed E-state index contributed by atoms with van der Waals surface area (Å²) in [5.41, 5.74) is 13.6. The first kappa shape index (κ1) is 33.6. The highest BCUT2D eigenvalue weighted by Gasteiger charge is 2.21. The van der Waals surface area contributed by atoms with E-state index in [4.69, 9.17) is 24.9 Å². The van der Waals surface area contributed by atoms with E-state index in [0.29, 0.717) is 0 Å². The first-order chi connectivity index (χ1) is 26.9. The van der Waals surface area contributed by atoms with Gasteiger partial charge in [-0.3, -0.25) is 14.1 Å². The predicted molar refractivity (Wildman–Crippen MR) is 225 cm³/mol. The fourth-order valence-corrected chi connectivity index (χ4v) is 7.36. The highest BCUT2D eigenvalue weighted by Crippen LogP contribution is 2.37. The van der Waals surface area contributed by atoms with E-state index < -0.39 is 0 Å². The van der Waals surface area contributed by atoms with E-state index in [1.54, 1.807) is 0 Å². The molecule has 55 heavy (non-hydrogen) atoms. The average molecular weight is 715 g/mol. The van der Waals surface area contributed by atoms with Gasteiger partial charge in [0.25, 0.3) is 0 Å². The lowest BCUT2D eigenvalue weighted by Crippen LogP contribution is -2.14. The smallest absolute Gasteiger partial charge is 0.164 e. The van der Waals surface area contributed by atoms with Gasteiger partial charge in [-0.25, -0.2) is 19.9 Å². The Morgan fingerprint density at radius 1 is 0.564 bits per heavy atom. The lowest BCUT2D eigenvalue weighted by atomic mass is 10.1. The minimum Gasteiger partial charge on any atom is -0.329 e. The maximum Gasteiger partial charge on any atom is 0.164 e. The van der Waals surface area contributed by atoms with Crippen LogP contribution >= 0.6 is 0 Å². The quantitative estimate of drug-likeness (QED) is 0.146. The second-order valence-electron chi connectivity index (χ2n) is 13.7. The number of hydrogen-bond donors (Lipinski definition) is 0. The number of aryl methyl sites for hydroxylation is 3. The van der Waals surface area contributed by atoms with Crippen molar-refractivity contribution in [2.75, 3.05) is 11.9 Å². The molecule has 0 unspecified atom stereocenters. The molecular weight excluding hydrogens is 677 g/mol. The van der Waals surface area contributed by atoms with Crippen LogP contribution in [0, 0.1) is 20.8 Å². The van der Waals surface area contributed by atoms with Crippen LogP contribution in [0.15, 0.2) is 157 Å². The molecule has 0 atom stereocenters. The number of aliphatic imine (C=N–C) groups is 1. The van der Waals surface area contributed by atoms with Gasteiger partial charge in [0.15, 0.2) is 5.65 Å². The van der Waals surface area contributed by atoms with Gasteiger partial charge in [-0.15, -0.1) is 0 Å². The van der Waals surface area contributed by atoms with Crippen LogP contribution in [0.5, 0.6) is 0 Å². The predicted octanol–water partition coefficient (Wildman–Crippen LogP) is 10.9. The summed E-state index contributed by atoms with van der Waals surface area (Å²) in [6.45, 7) is 6.36. The molecule has 0 aliphatic carbocycles. The molecular formula is C47H38N8. The minimum absolute atomic E-state index is 0.751. The molecule has 0 fully saturated rings. The summed E-state index contributed by atoms with van der Waals surface area (Å²) in [6.07, 6.45) is 5.54. The molecule has 9 aromatic rings. The molecule has 5 aromatic carbocycles. The molecule has 0 bridgehead atoms. The van der Waals surface area contributed by atoms with Crippen molar-refractivity contribution >= 4 is 45.6 Å². The number of pyridine rings is 2. The molecule has 8 heteroatoms. The Hall–Kier alpha value is -7.19. The molecule has 0 aliphatic heterocycles. The zero-order chi connectivity index (χ0) is 37.5. The number of aromatic nitrogens is 6. The Morgan fingerprint density at radius 3 is 1.89 bits per heavy atom. The van der Waals surface area contributed by atoms with Gasteiger partial charge in [-0.1, -0.05) is 66.7 Å². The lowest BCUT2D eigenvalue weighted by Gasteiger charge is -2.22. The number of imidazole rings is 2. The van der Waals surface area contributed by atoms with Crippen molar-refractivity contribution in [3.63, 3.8) is 0 Å². The van der Waals surface area contributed by atoms with Gasteiger partial charge in [-0.2, -0.15) is 0 Å². The van der Waals surface area contributed by atoms with Crippen LogP contribution in [0.3, 0.4) is 0 Å². The molecule has 266 valence electrons. The van der Waals surface area contributed by atoms with Crippen molar-refractivity contribution in [3.8, 4) is 34.2 Å². The Balaban J connectivity index is 1.28. The van der Waals surface area contributed by atoms with Crippen molar-refractivity contribution in [1.29, 1.82) is 0 Å². The summed E-state index contributed by atoms with van der Waals surface area (Å²) in [7, 11) is 2.04. The zero-order valence-electron chi connectivity index (χ0n) is 31.1. The first-order valence-corrected chi connectivity index (χ1v) is 18.3. The molecule has 0 saturated carbocycles. The molecule has 0 amide bonds. The molecule has 9 rings (SSSR count). The fraction of sp³-hybridized carbons (Fsp3) is 0.0851. The summed E-state index contributed by atoms with van der Waals surface area (Å²) >= 11 is 0. The molecule has 8 nitrogen and oxygen atoms in total. The Kier molecular flexibility index (Phi) is 8.55. The number of anilines is 2. The summed E-state index contributed by atoms with van der Waals surface area (Å²) < 4.78 is 4.40. The summed E-state index contributed by atoms with van der Waals surface area (Å²) in [5.74, 6) is 2.39. The summed E-state index contributed by atoms with van der Waals surface area (Å²) in [6, 6.07) is 47.7. The SMILES string of the molecule is Cc1ccccc1N(C)c1ncccc1/C=N/c1cc(-c2nc3ccccc3n2-c2ccccc2C)cc(-c2nc3cccnc3n2-c2ccccc2C)c1. The Morgan fingerprint density at radius 2 is 1.15 bits per heavy atom. The maximum absolute atomic E-state index is 5.27. The van der Waals surface area contributed by atoms with Gasteiger partial charge < -0.3 is 4.90 Å². The second kappa shape index (κ2) is 14.0. The largest absolute Gasteiger partial charge is 0.329 e. The maximum atomic E-state index is 5.27. The fourth-order valence-electron chi connectivity index (χ4n) is 7.36. The van der Waals surface area contributed by atoms with Crippen molar-refractivity contribution in [1.82, 2.24) is 29.1 Å². The molecule has 0 aliphatic rings. The van der Waals surface area contributed by atoms with Crippen LogP contribution in [-0.4, -0.2) is 42.3 Å². The number of rotatable bonds is 8. The van der Waals surface area contributed by atoms with Crippen LogP contribution < -0.4 is 4.90 Å². The standard InChI is InChI=1S/C47H38N8/c1-31-15-5-9-21-40(31)53(4)44-34(18-13-25-48-44)30-50-37-28-35(45-51-38-19-8-12-24-43(38)54(45)41-22-10-6-16-32(41)2)27-36(29-37)46-52-39-20-14-26-49-47(39)55(46)42-23-11-7-17-33(42)3/h5-30H,1-4H3/b50-30+. The van der Waals surface area contributed by atoms with Crippen molar-refractivity contribution in [2.45, 2.75) is 20.8 Å². The van der Waals surface area contributed by atoms with Crippen LogP contribution in [0.1, 0.15) is 22.3 Å². The molecule has 0 spiro atoms. The van der Waals surface area contributed by atoms with E-state index in [-0.39, 0.29) is 0 Å². The number of benzene rings is 5. The summed E-state index contributed by atoms with van der Waals surface area (Å²) in [5, 5.41) is 0. The van der Waals surface area contributed by atoms with Crippen LogP contribution in [-0.2, 0) is 0 Å². The van der Waals surface area contributed by atoms with Gasteiger partial charge >= 0.3 is 0 Å². The Bertz CT molecular complexity index is 2760. The van der Waals surface area contributed by atoms with E-state index in [1.165, 1.54) is 5.56 Å². The van der Waals surface area contributed by atoms with Gasteiger partial charge in [0.1, 0.15) is 23.0 Å². The normalized spacial score (nSPS) is 11.6. The first-order valence-electron chi connectivity index (χ1n) is 18.3. The molecule has 0 saturated heterocycles. The molecule has 0 N–H and O–H groups in total. The monoisotopic (exact) mass is 714 g/mol. The number of para-hydroxylation sites is 5. The van der Waals surface area contributed by atoms with E-state index in [9.17, 15) is 0 Å². The van der Waals surface area contributed by atoms with Crippen molar-refractivity contribution in [2.24, 2.45) is 4.99 Å². The average Bonchev–Trinajstić information content (AvgIpc) is 3.80. The topological polar surface area (TPSA) is 77.0 Å². The van der Waals surface area contributed by atoms with Crippen LogP contribution in [0.4, 0.5) is 17.2 Å². The van der Waals surface area contributed by atoms with E-state index in [0.717, 1.165) is 90.2 Å². The third-order valence-corrected chi connectivity index (χ3v) is 10.1. The highest BCUT2D eigenvalue weighted by molar-refractivity contribution is 5.91. The van der Waals surface area contributed by atoms with E-state index in [2.05, 4.69) is 138 Å². The third-order valence-electron chi connectivity index (χ3n) is 10.1.